The fourth-order valence-corrected chi connectivity index (χ4v) is 1.52. The van der Waals surface area contributed by atoms with Gasteiger partial charge >= 0.3 is 6.09 Å². The second kappa shape index (κ2) is 3.76. The normalized spacial score (nSPS) is 24.1. The Morgan fingerprint density at radius 3 is 2.75 bits per heavy atom. The number of rotatable bonds is 1. The third kappa shape index (κ3) is 1.88. The zero-order valence-corrected chi connectivity index (χ0v) is 7.91. The van der Waals surface area contributed by atoms with Gasteiger partial charge in [-0.3, -0.25) is 0 Å². The number of carbonyl (C=O) groups excluding carboxylic acids is 1. The summed E-state index contributed by atoms with van der Waals surface area (Å²) < 4.78 is 4.63. The van der Waals surface area contributed by atoms with Gasteiger partial charge in [0.25, 0.3) is 0 Å². The van der Waals surface area contributed by atoms with E-state index in [-0.39, 0.29) is 6.09 Å². The van der Waals surface area contributed by atoms with E-state index < -0.39 is 0 Å². The van der Waals surface area contributed by atoms with Crippen LogP contribution >= 0.6 is 0 Å². The molecule has 1 fully saturated rings. The van der Waals surface area contributed by atoms with E-state index in [1.807, 2.05) is 0 Å². The molecule has 0 spiro atoms. The molecule has 12 heavy (non-hydrogen) atoms. The molecule has 0 aromatic heterocycles. The molecule has 4 nitrogen and oxygen atoms in total. The van der Waals surface area contributed by atoms with Crippen LogP contribution in [0.2, 0.25) is 0 Å². The van der Waals surface area contributed by atoms with Crippen molar-refractivity contribution in [1.82, 2.24) is 9.80 Å². The highest BCUT2D eigenvalue weighted by atomic mass is 16.5. The van der Waals surface area contributed by atoms with Crippen LogP contribution in [-0.4, -0.2) is 56.2 Å². The highest BCUT2D eigenvalue weighted by Gasteiger charge is 2.26. The highest BCUT2D eigenvalue weighted by Crippen LogP contribution is 2.12. The largest absolute Gasteiger partial charge is 0.453 e. The van der Waals surface area contributed by atoms with Gasteiger partial charge in [0.2, 0.25) is 0 Å². The lowest BCUT2D eigenvalue weighted by molar-refractivity contribution is 0.118. The molecule has 0 radical (unpaired) electrons. The lowest BCUT2D eigenvalue weighted by Crippen LogP contribution is -2.38. The molecule has 1 heterocycles. The van der Waals surface area contributed by atoms with Gasteiger partial charge in [0.05, 0.1) is 7.11 Å². The average Bonchev–Trinajstić information content (AvgIpc) is 2.49. The van der Waals surface area contributed by atoms with Crippen molar-refractivity contribution < 1.29 is 9.53 Å². The highest BCUT2D eigenvalue weighted by molar-refractivity contribution is 5.67. The fourth-order valence-electron chi connectivity index (χ4n) is 1.52. The quantitative estimate of drug-likeness (QED) is 0.573. The molecule has 70 valence electrons. The molecule has 1 saturated heterocycles. The third-order valence-electron chi connectivity index (χ3n) is 2.38. The van der Waals surface area contributed by atoms with E-state index in [1.54, 1.807) is 11.9 Å². The molecule has 1 amide bonds. The molecule has 0 aliphatic carbocycles. The van der Waals surface area contributed by atoms with E-state index in [1.165, 1.54) is 7.11 Å². The summed E-state index contributed by atoms with van der Waals surface area (Å²) in [5, 5.41) is 0. The molecule has 1 aliphatic heterocycles. The number of likely N-dealkylation sites (N-methyl/N-ethyl adjacent to an activating group) is 2. The smallest absolute Gasteiger partial charge is 0.409 e. The van der Waals surface area contributed by atoms with Crippen molar-refractivity contribution in [2.75, 3.05) is 34.3 Å². The van der Waals surface area contributed by atoms with E-state index in [2.05, 4.69) is 16.7 Å². The van der Waals surface area contributed by atoms with Crippen molar-refractivity contribution in [3.63, 3.8) is 0 Å². The number of ether oxygens (including phenoxy) is 1. The molecule has 1 unspecified atom stereocenters. The van der Waals surface area contributed by atoms with Crippen LogP contribution < -0.4 is 0 Å². The zero-order valence-electron chi connectivity index (χ0n) is 7.91. The van der Waals surface area contributed by atoms with Gasteiger partial charge in [0.15, 0.2) is 0 Å². The van der Waals surface area contributed by atoms with Gasteiger partial charge in [-0.25, -0.2) is 4.79 Å². The first-order chi connectivity index (χ1) is 5.65. The van der Waals surface area contributed by atoms with Gasteiger partial charge < -0.3 is 14.5 Å². The van der Waals surface area contributed by atoms with E-state index in [0.29, 0.717) is 6.04 Å². The Hall–Kier alpha value is -0.770. The Morgan fingerprint density at radius 2 is 2.33 bits per heavy atom. The van der Waals surface area contributed by atoms with Gasteiger partial charge in [-0.05, 0) is 20.0 Å². The maximum absolute atomic E-state index is 11.1. The second-order valence-corrected chi connectivity index (χ2v) is 3.29. The van der Waals surface area contributed by atoms with Crippen molar-refractivity contribution in [3.05, 3.63) is 0 Å². The number of methoxy groups -OCH3 is 1. The van der Waals surface area contributed by atoms with Crippen molar-refractivity contribution in [1.29, 1.82) is 0 Å². The first-order valence-electron chi connectivity index (χ1n) is 4.14. The summed E-state index contributed by atoms with van der Waals surface area (Å²) in [6.45, 7) is 2.01. The van der Waals surface area contributed by atoms with Crippen LogP contribution in [0.15, 0.2) is 0 Å². The number of nitrogens with zero attached hydrogens (tertiary/aromatic N) is 2. The number of amides is 1. The standard InChI is InChI=1S/C8H16N2O2/c1-9-5-4-7(6-9)10(2)8(11)12-3/h7H,4-6H2,1-3H3. The van der Waals surface area contributed by atoms with Crippen LogP contribution in [0.4, 0.5) is 4.79 Å². The maximum atomic E-state index is 11.1. The molecule has 0 aromatic rings. The lowest BCUT2D eigenvalue weighted by Gasteiger charge is -2.22. The Balaban J connectivity index is 2.42. The number of carbonyl (C=O) groups is 1. The minimum absolute atomic E-state index is 0.240. The Morgan fingerprint density at radius 1 is 1.67 bits per heavy atom. The molecular formula is C8H16N2O2. The Labute approximate surface area is 73.1 Å². The predicted molar refractivity (Wildman–Crippen MR) is 46.1 cm³/mol. The van der Waals surface area contributed by atoms with Crippen LogP contribution in [0.3, 0.4) is 0 Å². The molecule has 4 heteroatoms. The molecule has 1 aliphatic rings. The van der Waals surface area contributed by atoms with Crippen molar-refractivity contribution in [3.8, 4) is 0 Å². The van der Waals surface area contributed by atoms with Crippen molar-refractivity contribution in [2.24, 2.45) is 0 Å². The van der Waals surface area contributed by atoms with Gasteiger partial charge in [-0.15, -0.1) is 0 Å². The van der Waals surface area contributed by atoms with Crippen molar-refractivity contribution >= 4 is 6.09 Å². The summed E-state index contributed by atoms with van der Waals surface area (Å²) >= 11 is 0. The third-order valence-corrected chi connectivity index (χ3v) is 2.38. The van der Waals surface area contributed by atoms with Crippen LogP contribution in [0.25, 0.3) is 0 Å². The monoisotopic (exact) mass is 172 g/mol. The molecule has 0 saturated carbocycles. The summed E-state index contributed by atoms with van der Waals surface area (Å²) in [4.78, 5) is 15.0. The molecule has 0 aromatic carbocycles. The number of hydrogen-bond acceptors (Lipinski definition) is 3. The predicted octanol–water partition coefficient (Wildman–Crippen LogP) is 0.389. The fraction of sp³-hybridized carbons (Fsp3) is 0.875. The Bertz CT molecular complexity index is 172. The van der Waals surface area contributed by atoms with Crippen LogP contribution in [-0.2, 0) is 4.74 Å². The number of likely N-dealkylation sites (tertiary alicyclic amines) is 1. The van der Waals surface area contributed by atoms with Crippen LogP contribution in [0.5, 0.6) is 0 Å². The molecule has 0 bridgehead atoms. The first kappa shape index (κ1) is 9.32. The van der Waals surface area contributed by atoms with E-state index in [4.69, 9.17) is 0 Å². The average molecular weight is 172 g/mol. The van der Waals surface area contributed by atoms with Gasteiger partial charge in [0.1, 0.15) is 0 Å². The summed E-state index contributed by atoms with van der Waals surface area (Å²) in [5.74, 6) is 0. The SMILES string of the molecule is COC(=O)N(C)C1CCN(C)C1. The van der Waals surface area contributed by atoms with Gasteiger partial charge in [-0.2, -0.15) is 0 Å². The molecule has 1 rings (SSSR count). The van der Waals surface area contributed by atoms with E-state index in [9.17, 15) is 4.79 Å². The van der Waals surface area contributed by atoms with Gasteiger partial charge in [-0.1, -0.05) is 0 Å². The molecule has 1 atom stereocenters. The van der Waals surface area contributed by atoms with Crippen molar-refractivity contribution in [2.45, 2.75) is 12.5 Å². The maximum Gasteiger partial charge on any atom is 0.409 e. The zero-order chi connectivity index (χ0) is 9.14. The second-order valence-electron chi connectivity index (χ2n) is 3.29. The van der Waals surface area contributed by atoms with Crippen LogP contribution in [0, 0.1) is 0 Å². The lowest BCUT2D eigenvalue weighted by atomic mass is 10.2. The summed E-state index contributed by atoms with van der Waals surface area (Å²) in [5.41, 5.74) is 0. The van der Waals surface area contributed by atoms with Crippen LogP contribution in [0.1, 0.15) is 6.42 Å². The first-order valence-corrected chi connectivity index (χ1v) is 4.14. The van der Waals surface area contributed by atoms with E-state index >= 15 is 0 Å². The summed E-state index contributed by atoms with van der Waals surface area (Å²) in [6, 6.07) is 0.322. The Kier molecular flexibility index (Phi) is 2.92. The topological polar surface area (TPSA) is 32.8 Å². The minimum atomic E-state index is -0.240. The molecular weight excluding hydrogens is 156 g/mol. The van der Waals surface area contributed by atoms with E-state index in [0.717, 1.165) is 19.5 Å². The molecule has 0 N–H and O–H groups in total. The van der Waals surface area contributed by atoms with Gasteiger partial charge in [0, 0.05) is 19.6 Å². The summed E-state index contributed by atoms with van der Waals surface area (Å²) in [6.07, 6.45) is 0.803. The minimum Gasteiger partial charge on any atom is -0.453 e. The number of hydrogen-bond donors (Lipinski definition) is 0. The summed E-state index contributed by atoms with van der Waals surface area (Å²) in [7, 11) is 5.26.